The summed E-state index contributed by atoms with van der Waals surface area (Å²) in [7, 11) is 1.39. The number of alkyl halides is 3. The van der Waals surface area contributed by atoms with Crippen molar-refractivity contribution in [1.29, 1.82) is 0 Å². The van der Waals surface area contributed by atoms with Gasteiger partial charge in [-0.25, -0.2) is 4.79 Å². The number of hydrogen-bond donors (Lipinski definition) is 3. The van der Waals surface area contributed by atoms with Gasteiger partial charge in [-0.15, -0.1) is 10.1 Å². The second-order valence-corrected chi connectivity index (χ2v) is 11.4. The van der Waals surface area contributed by atoms with E-state index in [0.29, 0.717) is 24.8 Å². The lowest BCUT2D eigenvalue weighted by Crippen LogP contribution is -2.21. The summed E-state index contributed by atoms with van der Waals surface area (Å²) in [6.45, 7) is -0.997. The molecule has 0 amide bonds. The molecule has 16 heteroatoms. The standard InChI is InChI=1S/C35H40F3NO12/c1-47-32-19-23(12-16-33(43)48-17-18-50-39(45)46)11-15-31(32)51-34(44)10-5-3-2-4-9-27-28(30(42)21-29(27)41)14-13-25(40)22-49-26-8-6-7-24(20-26)35(36,37)38/h2,4,6-8,11-16,19-20,25,27-30,40-42H,3,5,9-10,17-18,21-22H2,1H3/b4-2-,14-13+,16-12+/t25-,27-,28-,29+,30-/m1/s1. The van der Waals surface area contributed by atoms with Crippen molar-refractivity contribution >= 4 is 18.0 Å². The van der Waals surface area contributed by atoms with E-state index in [1.54, 1.807) is 12.1 Å². The molecule has 2 aromatic carbocycles. The molecule has 278 valence electrons. The van der Waals surface area contributed by atoms with Gasteiger partial charge in [0.25, 0.3) is 5.09 Å². The molecule has 1 aliphatic rings. The van der Waals surface area contributed by atoms with Crippen LogP contribution in [0.5, 0.6) is 17.2 Å². The first-order valence-corrected chi connectivity index (χ1v) is 15.9. The van der Waals surface area contributed by atoms with Crippen LogP contribution in [0.1, 0.15) is 43.2 Å². The molecule has 1 aliphatic carbocycles. The minimum absolute atomic E-state index is 0.0470. The zero-order valence-electron chi connectivity index (χ0n) is 27.6. The number of esters is 2. The second-order valence-electron chi connectivity index (χ2n) is 11.4. The maximum absolute atomic E-state index is 12.9. The van der Waals surface area contributed by atoms with Crippen molar-refractivity contribution in [3.05, 3.63) is 94.1 Å². The number of aliphatic hydroxyl groups excluding tert-OH is 3. The highest BCUT2D eigenvalue weighted by atomic mass is 19.4. The fraction of sp³-hybridized carbons (Fsp3) is 0.429. The molecular weight excluding hydrogens is 683 g/mol. The molecule has 0 aromatic heterocycles. The molecule has 0 aliphatic heterocycles. The monoisotopic (exact) mass is 723 g/mol. The number of aliphatic hydroxyl groups is 3. The van der Waals surface area contributed by atoms with E-state index in [-0.39, 0.29) is 49.2 Å². The number of nitrogens with zero attached hydrogens (tertiary/aromatic N) is 1. The Balaban J connectivity index is 1.41. The number of ether oxygens (including phenoxy) is 4. The third-order valence-electron chi connectivity index (χ3n) is 7.73. The predicted molar refractivity (Wildman–Crippen MR) is 175 cm³/mol. The lowest BCUT2D eigenvalue weighted by Gasteiger charge is -2.19. The fourth-order valence-corrected chi connectivity index (χ4v) is 5.21. The summed E-state index contributed by atoms with van der Waals surface area (Å²) < 4.78 is 59.5. The highest BCUT2D eigenvalue weighted by molar-refractivity contribution is 5.87. The summed E-state index contributed by atoms with van der Waals surface area (Å²) in [6, 6.07) is 8.93. The summed E-state index contributed by atoms with van der Waals surface area (Å²) >= 11 is 0. The molecular formula is C35H40F3NO12. The highest BCUT2D eigenvalue weighted by Crippen LogP contribution is 2.36. The Bertz CT molecular complexity index is 1540. The minimum Gasteiger partial charge on any atom is -0.493 e. The van der Waals surface area contributed by atoms with Gasteiger partial charge in [-0.3, -0.25) is 4.79 Å². The molecule has 3 N–H and O–H groups in total. The average Bonchev–Trinajstić information content (AvgIpc) is 3.36. The average molecular weight is 724 g/mol. The molecule has 1 fully saturated rings. The summed E-state index contributed by atoms with van der Waals surface area (Å²) in [4.78, 5) is 38.3. The van der Waals surface area contributed by atoms with Gasteiger partial charge in [0.05, 0.1) is 24.9 Å². The Morgan fingerprint density at radius 3 is 2.59 bits per heavy atom. The van der Waals surface area contributed by atoms with E-state index in [2.05, 4.69) is 4.84 Å². The number of halogens is 3. The second kappa shape index (κ2) is 20.1. The van der Waals surface area contributed by atoms with Gasteiger partial charge in [0.1, 0.15) is 31.7 Å². The van der Waals surface area contributed by atoms with Crippen molar-refractivity contribution < 1.29 is 67.0 Å². The van der Waals surface area contributed by atoms with Crippen molar-refractivity contribution in [3.63, 3.8) is 0 Å². The number of unbranched alkanes of at least 4 members (excludes halogenated alkanes) is 1. The lowest BCUT2D eigenvalue weighted by molar-refractivity contribution is -0.757. The molecule has 0 spiro atoms. The van der Waals surface area contributed by atoms with Crippen LogP contribution in [0, 0.1) is 22.0 Å². The van der Waals surface area contributed by atoms with Crippen LogP contribution in [0.25, 0.3) is 6.08 Å². The molecule has 0 radical (unpaired) electrons. The van der Waals surface area contributed by atoms with E-state index < -0.39 is 59.6 Å². The maximum atomic E-state index is 12.9. The normalized spacial score (nSPS) is 19.7. The van der Waals surface area contributed by atoms with Gasteiger partial charge in [0.15, 0.2) is 11.5 Å². The molecule has 5 atom stereocenters. The van der Waals surface area contributed by atoms with Crippen LogP contribution in [0.4, 0.5) is 13.2 Å². The molecule has 0 bridgehead atoms. The van der Waals surface area contributed by atoms with Gasteiger partial charge >= 0.3 is 18.1 Å². The Kier molecular flexibility index (Phi) is 15.9. The van der Waals surface area contributed by atoms with Gasteiger partial charge in [-0.2, -0.15) is 13.2 Å². The largest absolute Gasteiger partial charge is 0.493 e. The quantitative estimate of drug-likeness (QED) is 0.0341. The molecule has 0 heterocycles. The number of hydrogen-bond acceptors (Lipinski definition) is 12. The predicted octanol–water partition coefficient (Wildman–Crippen LogP) is 4.85. The third kappa shape index (κ3) is 14.1. The first-order valence-electron chi connectivity index (χ1n) is 15.9. The summed E-state index contributed by atoms with van der Waals surface area (Å²) in [6.07, 6.45) is 3.53. The minimum atomic E-state index is -4.52. The van der Waals surface area contributed by atoms with Crippen molar-refractivity contribution in [2.24, 2.45) is 11.8 Å². The van der Waals surface area contributed by atoms with Crippen LogP contribution in [-0.4, -0.2) is 77.6 Å². The number of rotatable bonds is 19. The van der Waals surface area contributed by atoms with Gasteiger partial charge in [-0.1, -0.05) is 36.4 Å². The van der Waals surface area contributed by atoms with E-state index >= 15 is 0 Å². The van der Waals surface area contributed by atoms with Crippen LogP contribution in [-0.2, 0) is 25.3 Å². The SMILES string of the molecule is COc1cc(/C=C/C(=O)OCCO[N+](=O)[O-])ccc1OC(=O)CCC/C=C\C[C@@H]1[C@@H](/C=C/[C@@H](O)COc2cccc(C(F)(F)F)c2)[C@H](O)C[C@@H]1O. The Morgan fingerprint density at radius 2 is 1.86 bits per heavy atom. The molecule has 13 nitrogen and oxygen atoms in total. The van der Waals surface area contributed by atoms with Crippen LogP contribution in [0.15, 0.2) is 72.8 Å². The Morgan fingerprint density at radius 1 is 1.08 bits per heavy atom. The van der Waals surface area contributed by atoms with E-state index in [0.717, 1.165) is 18.2 Å². The first kappa shape index (κ1) is 40.5. The topological polar surface area (TPSA) is 184 Å². The van der Waals surface area contributed by atoms with Crippen LogP contribution < -0.4 is 14.2 Å². The summed E-state index contributed by atoms with van der Waals surface area (Å²) in [5, 5.41) is 40.4. The molecule has 3 rings (SSSR count). The van der Waals surface area contributed by atoms with Gasteiger partial charge in [0, 0.05) is 24.8 Å². The van der Waals surface area contributed by atoms with Gasteiger partial charge in [-0.05, 0) is 67.2 Å². The van der Waals surface area contributed by atoms with E-state index in [4.69, 9.17) is 18.9 Å². The highest BCUT2D eigenvalue weighted by Gasteiger charge is 2.39. The zero-order valence-corrected chi connectivity index (χ0v) is 27.6. The summed E-state index contributed by atoms with van der Waals surface area (Å²) in [5.74, 6) is -1.69. The van der Waals surface area contributed by atoms with Crippen molar-refractivity contribution in [2.45, 2.75) is 56.6 Å². The van der Waals surface area contributed by atoms with Gasteiger partial charge < -0.3 is 39.1 Å². The smallest absolute Gasteiger partial charge is 0.416 e. The van der Waals surface area contributed by atoms with Crippen LogP contribution >= 0.6 is 0 Å². The molecule has 0 saturated heterocycles. The van der Waals surface area contributed by atoms with Gasteiger partial charge in [0.2, 0.25) is 0 Å². The maximum Gasteiger partial charge on any atom is 0.416 e. The van der Waals surface area contributed by atoms with Crippen molar-refractivity contribution in [2.75, 3.05) is 26.9 Å². The van der Waals surface area contributed by atoms with Crippen molar-refractivity contribution in [3.8, 4) is 17.2 Å². The molecule has 1 saturated carbocycles. The van der Waals surface area contributed by atoms with E-state index in [1.807, 2.05) is 12.2 Å². The third-order valence-corrected chi connectivity index (χ3v) is 7.73. The van der Waals surface area contributed by atoms with Crippen molar-refractivity contribution in [1.82, 2.24) is 0 Å². The number of methoxy groups -OCH3 is 1. The fourth-order valence-electron chi connectivity index (χ4n) is 5.21. The molecule has 2 aromatic rings. The Labute approximate surface area is 291 Å². The Hall–Kier alpha value is -4.93. The van der Waals surface area contributed by atoms with E-state index in [1.165, 1.54) is 43.5 Å². The number of benzene rings is 2. The lowest BCUT2D eigenvalue weighted by atomic mass is 9.89. The van der Waals surface area contributed by atoms with Crippen LogP contribution in [0.3, 0.4) is 0 Å². The van der Waals surface area contributed by atoms with Crippen LogP contribution in [0.2, 0.25) is 0 Å². The number of carbonyl (C=O) groups excluding carboxylic acids is 2. The zero-order chi connectivity index (χ0) is 37.4. The molecule has 51 heavy (non-hydrogen) atoms. The summed E-state index contributed by atoms with van der Waals surface area (Å²) in [5.41, 5.74) is -0.336. The van der Waals surface area contributed by atoms with E-state index in [9.17, 15) is 48.2 Å². The number of carbonyl (C=O) groups is 2. The first-order chi connectivity index (χ1) is 24.3. The molecule has 0 unspecified atom stereocenters. The number of allylic oxidation sites excluding steroid dienone is 2.